The number of aromatic amines is 1. The minimum Gasteiger partial charge on any atom is -0.444 e. The van der Waals surface area contributed by atoms with Crippen molar-refractivity contribution in [1.82, 2.24) is 15.2 Å². The van der Waals surface area contributed by atoms with Crippen molar-refractivity contribution in [2.75, 3.05) is 38.5 Å². The van der Waals surface area contributed by atoms with Crippen LogP contribution in [0.5, 0.6) is 0 Å². The molecule has 0 bridgehead atoms. The molecule has 4 rings (SSSR count). The minimum atomic E-state index is -0.465. The molecule has 7 nitrogen and oxygen atoms in total. The second kappa shape index (κ2) is 10.5. The average molecular weight is 477 g/mol. The maximum atomic E-state index is 11.8. The van der Waals surface area contributed by atoms with Crippen LogP contribution < -0.4 is 15.2 Å². The molecule has 2 heterocycles. The highest BCUT2D eigenvalue weighted by Gasteiger charge is 2.22. The van der Waals surface area contributed by atoms with Crippen LogP contribution >= 0.6 is 0 Å². The van der Waals surface area contributed by atoms with Crippen LogP contribution in [0, 0.1) is 0 Å². The first-order chi connectivity index (χ1) is 16.7. The van der Waals surface area contributed by atoms with Crippen molar-refractivity contribution in [3.05, 3.63) is 48.5 Å². The first-order valence-corrected chi connectivity index (χ1v) is 12.4. The van der Waals surface area contributed by atoms with Gasteiger partial charge in [-0.05, 0) is 71.9 Å². The molecule has 0 spiro atoms. The molecule has 7 heteroatoms. The summed E-state index contributed by atoms with van der Waals surface area (Å²) in [6, 6.07) is 17.0. The number of para-hydroxylation sites is 2. The number of rotatable bonds is 9. The molecule has 0 radical (unpaired) electrons. The van der Waals surface area contributed by atoms with Crippen LogP contribution in [-0.4, -0.2) is 54.8 Å². The molecule has 0 atom stereocenters. The summed E-state index contributed by atoms with van der Waals surface area (Å²) in [6.45, 7) is 9.01. The van der Waals surface area contributed by atoms with Gasteiger partial charge in [0.2, 0.25) is 11.0 Å². The summed E-state index contributed by atoms with van der Waals surface area (Å²) in [6.07, 6.45) is 1.56. The molecule has 1 amide bonds. The van der Waals surface area contributed by atoms with Gasteiger partial charge in [0.1, 0.15) is 18.2 Å². The lowest BCUT2D eigenvalue weighted by atomic mass is 10.1. The fourth-order valence-corrected chi connectivity index (χ4v) is 4.60. The first kappa shape index (κ1) is 24.8. The van der Waals surface area contributed by atoms with Gasteiger partial charge in [-0.25, -0.2) is 4.79 Å². The number of H-pyrrole nitrogens is 1. The van der Waals surface area contributed by atoms with Crippen molar-refractivity contribution < 1.29 is 14.1 Å². The van der Waals surface area contributed by atoms with Crippen molar-refractivity contribution in [3.8, 4) is 0 Å². The van der Waals surface area contributed by atoms with E-state index in [0.717, 1.165) is 49.2 Å². The van der Waals surface area contributed by atoms with Crippen molar-refractivity contribution >= 4 is 44.6 Å². The quantitative estimate of drug-likeness (QED) is 0.236. The van der Waals surface area contributed by atoms with E-state index in [1.54, 1.807) is 0 Å². The van der Waals surface area contributed by atoms with Gasteiger partial charge < -0.3 is 25.3 Å². The third kappa shape index (κ3) is 5.85. The lowest BCUT2D eigenvalue weighted by Gasteiger charge is -2.20. The Morgan fingerprint density at radius 3 is 2.40 bits per heavy atom. The van der Waals surface area contributed by atoms with Crippen molar-refractivity contribution in [2.45, 2.75) is 39.2 Å². The number of alkyl carbamates (subject to hydrolysis) is 1. The maximum absolute atomic E-state index is 11.8. The van der Waals surface area contributed by atoms with E-state index in [1.807, 2.05) is 20.8 Å². The van der Waals surface area contributed by atoms with Gasteiger partial charge in [0, 0.05) is 19.2 Å². The first-order valence-electron chi connectivity index (χ1n) is 12.4. The Kier molecular flexibility index (Phi) is 7.45. The van der Waals surface area contributed by atoms with Crippen LogP contribution in [0.2, 0.25) is 0 Å². The van der Waals surface area contributed by atoms with Crippen molar-refractivity contribution in [3.63, 3.8) is 0 Å². The zero-order chi connectivity index (χ0) is 25.0. The zero-order valence-electron chi connectivity index (χ0n) is 21.6. The van der Waals surface area contributed by atoms with Crippen LogP contribution in [0.15, 0.2) is 48.5 Å². The topological polar surface area (TPSA) is 73.3 Å². The number of anilines is 1. The molecule has 0 saturated carbocycles. The largest absolute Gasteiger partial charge is 0.444 e. The summed E-state index contributed by atoms with van der Waals surface area (Å²) in [7, 11) is 4.27. The predicted molar refractivity (Wildman–Crippen MR) is 144 cm³/mol. The monoisotopic (exact) mass is 476 g/mol. The standard InChI is InChI=1S/C28H37N5O2/c1-28(2,3)35-27(34)30-17-11-19-32(4)18-10-16-29-24-21-13-7-9-15-23(21)33(5)26-20-12-6-8-14-22(20)31-25(24)26/h6-9,12-15H,10-11,16-19H2,1-5H3,(H2,29,30,31,34)/p+1. The Bertz CT molecular complexity index is 1320. The molecule has 2 aromatic heterocycles. The van der Waals surface area contributed by atoms with Gasteiger partial charge in [0.25, 0.3) is 0 Å². The Morgan fingerprint density at radius 1 is 1.00 bits per heavy atom. The molecule has 0 aliphatic heterocycles. The molecular weight excluding hydrogens is 438 g/mol. The fraction of sp³-hybridized carbons (Fsp3) is 0.429. The van der Waals surface area contributed by atoms with E-state index in [1.165, 1.54) is 21.8 Å². The minimum absolute atomic E-state index is 0.351. The summed E-state index contributed by atoms with van der Waals surface area (Å²) >= 11 is 0. The van der Waals surface area contributed by atoms with Gasteiger partial charge in [-0.15, -0.1) is 0 Å². The number of carbonyl (C=O) groups excluding carboxylic acids is 1. The third-order valence-corrected chi connectivity index (χ3v) is 6.20. The predicted octanol–water partition coefficient (Wildman–Crippen LogP) is 4.95. The molecule has 4 aromatic rings. The van der Waals surface area contributed by atoms with Crippen molar-refractivity contribution in [2.24, 2.45) is 7.05 Å². The number of aromatic nitrogens is 2. The van der Waals surface area contributed by atoms with Gasteiger partial charge in [-0.2, -0.15) is 4.57 Å². The highest BCUT2D eigenvalue weighted by atomic mass is 16.6. The lowest BCUT2D eigenvalue weighted by Crippen LogP contribution is -2.34. The zero-order valence-corrected chi connectivity index (χ0v) is 21.6. The molecule has 0 aliphatic carbocycles. The second-order valence-corrected chi connectivity index (χ2v) is 10.2. The molecule has 0 unspecified atom stereocenters. The van der Waals surface area contributed by atoms with Gasteiger partial charge in [-0.3, -0.25) is 0 Å². The molecule has 0 saturated heterocycles. The summed E-state index contributed by atoms with van der Waals surface area (Å²) in [5.74, 6) is 0. The SMILES string of the molecule is CN(CCCNC(=O)OC(C)(C)C)CCCNc1c2ccccc2[n+](C)c2c1[nH]c1ccccc12. The van der Waals surface area contributed by atoms with Crippen LogP contribution in [0.1, 0.15) is 33.6 Å². The van der Waals surface area contributed by atoms with Gasteiger partial charge in [0.15, 0.2) is 0 Å². The fourth-order valence-electron chi connectivity index (χ4n) is 4.60. The average Bonchev–Trinajstić information content (AvgIpc) is 3.20. The Labute approximate surface area is 207 Å². The lowest BCUT2D eigenvalue weighted by molar-refractivity contribution is -0.616. The van der Waals surface area contributed by atoms with Crippen LogP contribution in [0.4, 0.5) is 10.5 Å². The van der Waals surface area contributed by atoms with Crippen LogP contribution in [0.3, 0.4) is 0 Å². The van der Waals surface area contributed by atoms with E-state index >= 15 is 0 Å². The number of amides is 1. The number of benzene rings is 2. The smallest absolute Gasteiger partial charge is 0.407 e. The van der Waals surface area contributed by atoms with Gasteiger partial charge in [0.05, 0.1) is 22.0 Å². The highest BCUT2D eigenvalue weighted by Crippen LogP contribution is 2.33. The number of hydrogen-bond donors (Lipinski definition) is 3. The molecule has 0 aliphatic rings. The number of nitrogens with one attached hydrogen (secondary N) is 3. The Morgan fingerprint density at radius 2 is 1.66 bits per heavy atom. The molecular formula is C28H38N5O2+. The van der Waals surface area contributed by atoms with E-state index < -0.39 is 5.60 Å². The number of carbonyl (C=O) groups is 1. The number of fused-ring (bicyclic) bond motifs is 4. The molecule has 0 fully saturated rings. The third-order valence-electron chi connectivity index (χ3n) is 6.20. The van der Waals surface area contributed by atoms with Crippen molar-refractivity contribution in [1.29, 1.82) is 0 Å². The number of nitrogens with zero attached hydrogens (tertiary/aromatic N) is 2. The maximum Gasteiger partial charge on any atom is 0.407 e. The Balaban J connectivity index is 1.36. The molecule has 186 valence electrons. The van der Waals surface area contributed by atoms with E-state index in [4.69, 9.17) is 4.74 Å². The second-order valence-electron chi connectivity index (χ2n) is 10.2. The summed E-state index contributed by atoms with van der Waals surface area (Å²) in [4.78, 5) is 17.7. The van der Waals surface area contributed by atoms with E-state index in [2.05, 4.69) is 87.7 Å². The van der Waals surface area contributed by atoms with Gasteiger partial charge >= 0.3 is 6.09 Å². The van der Waals surface area contributed by atoms with Crippen LogP contribution in [0.25, 0.3) is 32.8 Å². The summed E-state index contributed by atoms with van der Waals surface area (Å²) < 4.78 is 7.56. The summed E-state index contributed by atoms with van der Waals surface area (Å²) in [5.41, 5.74) is 5.42. The number of ether oxygens (including phenoxy) is 1. The Hall–Kier alpha value is -3.32. The van der Waals surface area contributed by atoms with Crippen LogP contribution in [-0.2, 0) is 11.8 Å². The number of pyridine rings is 1. The summed E-state index contributed by atoms with van der Waals surface area (Å²) in [5, 5.41) is 9.01. The van der Waals surface area contributed by atoms with E-state index in [-0.39, 0.29) is 6.09 Å². The number of hydrogen-bond acceptors (Lipinski definition) is 4. The molecule has 3 N–H and O–H groups in total. The highest BCUT2D eigenvalue weighted by molar-refractivity contribution is 6.13. The number of aryl methyl sites for hydroxylation is 1. The van der Waals surface area contributed by atoms with Gasteiger partial charge in [-0.1, -0.05) is 24.3 Å². The van der Waals surface area contributed by atoms with E-state index in [9.17, 15) is 4.79 Å². The van der Waals surface area contributed by atoms with E-state index in [0.29, 0.717) is 6.54 Å². The molecule has 35 heavy (non-hydrogen) atoms. The normalized spacial score (nSPS) is 12.1. The molecule has 2 aromatic carbocycles.